The summed E-state index contributed by atoms with van der Waals surface area (Å²) in [6.45, 7) is 4.62. The van der Waals surface area contributed by atoms with Gasteiger partial charge in [0.2, 0.25) is 10.0 Å². The number of halogens is 2. The van der Waals surface area contributed by atoms with Crippen molar-refractivity contribution in [2.45, 2.75) is 25.2 Å². The van der Waals surface area contributed by atoms with Crippen LogP contribution in [-0.2, 0) is 10.0 Å². The van der Waals surface area contributed by atoms with Crippen LogP contribution in [0.5, 0.6) is 0 Å². The summed E-state index contributed by atoms with van der Waals surface area (Å²) in [6.07, 6.45) is 0.925. The van der Waals surface area contributed by atoms with Gasteiger partial charge in [0.05, 0.1) is 10.7 Å². The zero-order chi connectivity index (χ0) is 20.5. The van der Waals surface area contributed by atoms with Crippen LogP contribution in [0.2, 0.25) is 5.02 Å². The first-order valence-corrected chi connectivity index (χ1v) is 10.9. The molecule has 0 spiro atoms. The molecule has 0 bridgehead atoms. The fourth-order valence-electron chi connectivity index (χ4n) is 3.54. The number of amides is 1. The molecule has 0 saturated carbocycles. The molecule has 1 aliphatic heterocycles. The van der Waals surface area contributed by atoms with Crippen molar-refractivity contribution >= 4 is 33.2 Å². The van der Waals surface area contributed by atoms with Crippen molar-refractivity contribution in [1.29, 1.82) is 0 Å². The molecule has 2 aromatic carbocycles. The maximum absolute atomic E-state index is 14.4. The van der Waals surface area contributed by atoms with Gasteiger partial charge in [0, 0.05) is 18.7 Å². The Kier molecular flexibility index (Phi) is 6.07. The fraction of sp³-hybridized carbons (Fsp3) is 0.350. The normalized spacial score (nSPS) is 20.7. The summed E-state index contributed by atoms with van der Waals surface area (Å²) in [5.41, 5.74) is 0.430. The number of carbonyl (C=O) groups is 1. The molecule has 1 N–H and O–H groups in total. The number of hydrogen-bond donors (Lipinski definition) is 1. The third kappa shape index (κ3) is 4.37. The number of anilines is 1. The number of benzene rings is 2. The number of carbonyl (C=O) groups excluding carboxylic acids is 1. The lowest BCUT2D eigenvalue weighted by Gasteiger charge is -2.34. The van der Waals surface area contributed by atoms with Gasteiger partial charge in [0.1, 0.15) is 10.7 Å². The number of piperidine rings is 1. The quantitative estimate of drug-likeness (QED) is 0.791. The summed E-state index contributed by atoms with van der Waals surface area (Å²) >= 11 is 6.04. The van der Waals surface area contributed by atoms with E-state index in [0.717, 1.165) is 18.6 Å². The highest BCUT2D eigenvalue weighted by Crippen LogP contribution is 2.29. The maximum atomic E-state index is 14.4. The second kappa shape index (κ2) is 8.19. The Balaban J connectivity index is 1.91. The first-order chi connectivity index (χ1) is 13.2. The van der Waals surface area contributed by atoms with Gasteiger partial charge in [-0.3, -0.25) is 4.79 Å². The van der Waals surface area contributed by atoms with Crippen molar-refractivity contribution in [2.24, 2.45) is 11.8 Å². The topological polar surface area (TPSA) is 66.5 Å². The van der Waals surface area contributed by atoms with E-state index in [-0.39, 0.29) is 17.4 Å². The number of hydrogen-bond acceptors (Lipinski definition) is 3. The van der Waals surface area contributed by atoms with Crippen molar-refractivity contribution in [3.05, 3.63) is 58.9 Å². The molecule has 1 saturated heterocycles. The molecular formula is C20H22ClFN2O3S. The zero-order valence-electron chi connectivity index (χ0n) is 15.7. The average molecular weight is 425 g/mol. The monoisotopic (exact) mass is 424 g/mol. The van der Waals surface area contributed by atoms with Crippen LogP contribution in [0.1, 0.15) is 30.6 Å². The number of nitrogens with one attached hydrogen (secondary N) is 1. The van der Waals surface area contributed by atoms with E-state index < -0.39 is 26.6 Å². The molecule has 0 aliphatic carbocycles. The largest absolute Gasteiger partial charge is 0.321 e. The molecule has 0 radical (unpaired) electrons. The summed E-state index contributed by atoms with van der Waals surface area (Å²) in [4.78, 5) is 12.1. The standard InChI is InChI=1S/C20H22ClFN2O3S/c1-13-9-14(2)12-24(11-13)28(26,27)19-10-15(7-8-17(19)22)20(25)23-18-6-4-3-5-16(18)21/h3-8,10,13-14H,9,11-12H2,1-2H3,(H,23,25)/t13-,14+. The Morgan fingerprint density at radius 1 is 1.14 bits per heavy atom. The van der Waals surface area contributed by atoms with E-state index >= 15 is 0 Å². The Labute approximate surface area is 169 Å². The van der Waals surface area contributed by atoms with E-state index in [2.05, 4.69) is 5.32 Å². The smallest absolute Gasteiger partial charge is 0.255 e. The van der Waals surface area contributed by atoms with Gasteiger partial charge >= 0.3 is 0 Å². The van der Waals surface area contributed by atoms with Crippen LogP contribution in [-0.4, -0.2) is 31.7 Å². The first kappa shape index (κ1) is 20.8. The van der Waals surface area contributed by atoms with Crippen molar-refractivity contribution in [2.75, 3.05) is 18.4 Å². The highest BCUT2D eigenvalue weighted by molar-refractivity contribution is 7.89. The lowest BCUT2D eigenvalue weighted by atomic mass is 9.94. The Morgan fingerprint density at radius 2 is 1.79 bits per heavy atom. The summed E-state index contributed by atoms with van der Waals surface area (Å²) in [7, 11) is -4.04. The number of rotatable bonds is 4. The Morgan fingerprint density at radius 3 is 2.43 bits per heavy atom. The van der Waals surface area contributed by atoms with Gasteiger partial charge in [-0.25, -0.2) is 12.8 Å². The zero-order valence-corrected chi connectivity index (χ0v) is 17.2. The van der Waals surface area contributed by atoms with Gasteiger partial charge in [-0.1, -0.05) is 37.6 Å². The average Bonchev–Trinajstić information content (AvgIpc) is 2.63. The predicted molar refractivity (Wildman–Crippen MR) is 108 cm³/mol. The molecule has 2 atom stereocenters. The Hall–Kier alpha value is -1.96. The van der Waals surface area contributed by atoms with E-state index in [0.29, 0.717) is 23.8 Å². The third-order valence-electron chi connectivity index (χ3n) is 4.77. The van der Waals surface area contributed by atoms with E-state index in [4.69, 9.17) is 11.6 Å². The molecule has 1 fully saturated rings. The maximum Gasteiger partial charge on any atom is 0.255 e. The summed E-state index contributed by atoms with van der Waals surface area (Å²) in [5, 5.41) is 2.97. The van der Waals surface area contributed by atoms with Crippen LogP contribution in [0.4, 0.5) is 10.1 Å². The van der Waals surface area contributed by atoms with Crippen molar-refractivity contribution < 1.29 is 17.6 Å². The molecule has 8 heteroatoms. The minimum Gasteiger partial charge on any atom is -0.321 e. The Bertz CT molecular complexity index is 987. The molecule has 1 aliphatic rings. The van der Waals surface area contributed by atoms with Gasteiger partial charge in [-0.15, -0.1) is 0 Å². The van der Waals surface area contributed by atoms with E-state index in [1.54, 1.807) is 24.3 Å². The molecule has 5 nitrogen and oxygen atoms in total. The molecular weight excluding hydrogens is 403 g/mol. The molecule has 3 rings (SSSR count). The molecule has 2 aromatic rings. The highest BCUT2D eigenvalue weighted by Gasteiger charge is 2.33. The van der Waals surface area contributed by atoms with E-state index in [1.165, 1.54) is 10.4 Å². The molecule has 0 aromatic heterocycles. The number of para-hydroxylation sites is 1. The third-order valence-corrected chi connectivity index (χ3v) is 6.94. The van der Waals surface area contributed by atoms with Crippen molar-refractivity contribution in [3.8, 4) is 0 Å². The summed E-state index contributed by atoms with van der Waals surface area (Å²) in [5.74, 6) is -1.06. The second-order valence-corrected chi connectivity index (χ2v) is 9.66. The van der Waals surface area contributed by atoms with Gasteiger partial charge in [-0.2, -0.15) is 4.31 Å². The van der Waals surface area contributed by atoms with Crippen LogP contribution in [0.3, 0.4) is 0 Å². The second-order valence-electron chi connectivity index (χ2n) is 7.35. The predicted octanol–water partition coefficient (Wildman–Crippen LogP) is 4.40. The van der Waals surface area contributed by atoms with Crippen LogP contribution >= 0.6 is 11.6 Å². The highest BCUT2D eigenvalue weighted by atomic mass is 35.5. The molecule has 28 heavy (non-hydrogen) atoms. The number of sulfonamides is 1. The van der Waals surface area contributed by atoms with Gasteiger partial charge < -0.3 is 5.32 Å². The fourth-order valence-corrected chi connectivity index (χ4v) is 5.49. The lowest BCUT2D eigenvalue weighted by molar-refractivity contribution is 0.102. The van der Waals surface area contributed by atoms with Gasteiger partial charge in [0.15, 0.2) is 0 Å². The molecule has 0 unspecified atom stereocenters. The summed E-state index contributed by atoms with van der Waals surface area (Å²) in [6, 6.07) is 10.0. The molecule has 1 heterocycles. The number of nitrogens with zero attached hydrogens (tertiary/aromatic N) is 1. The van der Waals surface area contributed by atoms with E-state index in [9.17, 15) is 17.6 Å². The van der Waals surface area contributed by atoms with Crippen LogP contribution < -0.4 is 5.32 Å². The van der Waals surface area contributed by atoms with Crippen LogP contribution in [0, 0.1) is 17.7 Å². The molecule has 150 valence electrons. The SMILES string of the molecule is C[C@@H]1C[C@H](C)CN(S(=O)(=O)c2cc(C(=O)Nc3ccccc3Cl)ccc2F)C1. The van der Waals surface area contributed by atoms with Crippen LogP contribution in [0.25, 0.3) is 0 Å². The van der Waals surface area contributed by atoms with Gasteiger partial charge in [0.25, 0.3) is 5.91 Å². The minimum atomic E-state index is -4.04. The van der Waals surface area contributed by atoms with Crippen LogP contribution in [0.15, 0.2) is 47.4 Å². The first-order valence-electron chi connectivity index (χ1n) is 9.04. The van der Waals surface area contributed by atoms with Gasteiger partial charge in [-0.05, 0) is 48.6 Å². The minimum absolute atomic E-state index is 0.0398. The van der Waals surface area contributed by atoms with Crippen molar-refractivity contribution in [3.63, 3.8) is 0 Å². The van der Waals surface area contributed by atoms with E-state index in [1.807, 2.05) is 13.8 Å². The molecule has 1 amide bonds. The summed E-state index contributed by atoms with van der Waals surface area (Å²) < 4.78 is 41.8. The lowest BCUT2D eigenvalue weighted by Crippen LogP contribution is -2.42. The van der Waals surface area contributed by atoms with Crippen molar-refractivity contribution in [1.82, 2.24) is 4.31 Å².